The summed E-state index contributed by atoms with van der Waals surface area (Å²) in [5, 5.41) is 0. The second kappa shape index (κ2) is 8.41. The van der Waals surface area contributed by atoms with Crippen molar-refractivity contribution in [2.45, 2.75) is 25.5 Å². The molecule has 0 aromatic heterocycles. The Morgan fingerprint density at radius 2 is 2.14 bits per heavy atom. The monoisotopic (exact) mass is 315 g/mol. The topological polar surface area (TPSA) is 30.9 Å². The van der Waals surface area contributed by atoms with Crippen LogP contribution in [0.5, 0.6) is 5.75 Å². The number of methoxy groups -OCH3 is 2. The molecule has 0 aliphatic carbocycles. The van der Waals surface area contributed by atoms with E-state index in [1.165, 1.54) is 13.2 Å². The van der Waals surface area contributed by atoms with Crippen molar-refractivity contribution >= 4 is 0 Å². The summed E-state index contributed by atoms with van der Waals surface area (Å²) < 4.78 is 43.5. The fourth-order valence-corrected chi connectivity index (χ4v) is 2.67. The van der Waals surface area contributed by atoms with E-state index in [2.05, 4.69) is 0 Å². The third kappa shape index (κ3) is 4.38. The van der Waals surface area contributed by atoms with Gasteiger partial charge in [0.25, 0.3) is 0 Å². The fraction of sp³-hybridized carbons (Fsp3) is 0.625. The van der Waals surface area contributed by atoms with Gasteiger partial charge in [-0.3, -0.25) is 4.90 Å². The van der Waals surface area contributed by atoms with Crippen molar-refractivity contribution in [3.8, 4) is 5.75 Å². The molecule has 1 atom stereocenters. The van der Waals surface area contributed by atoms with Crippen molar-refractivity contribution in [3.63, 3.8) is 0 Å². The lowest BCUT2D eigenvalue weighted by Gasteiger charge is -2.26. The summed E-state index contributed by atoms with van der Waals surface area (Å²) in [5.41, 5.74) is 0.233. The average Bonchev–Trinajstić information content (AvgIpc) is 3.02. The van der Waals surface area contributed by atoms with E-state index < -0.39 is 11.6 Å². The van der Waals surface area contributed by atoms with Crippen molar-refractivity contribution in [1.82, 2.24) is 4.90 Å². The minimum absolute atomic E-state index is 0.138. The molecular weight excluding hydrogens is 292 g/mol. The number of ether oxygens (including phenoxy) is 3. The van der Waals surface area contributed by atoms with Gasteiger partial charge < -0.3 is 14.2 Å². The largest absolute Gasteiger partial charge is 0.496 e. The van der Waals surface area contributed by atoms with Crippen LogP contribution in [0.1, 0.15) is 18.4 Å². The number of hydrogen-bond acceptors (Lipinski definition) is 4. The molecule has 0 saturated carbocycles. The van der Waals surface area contributed by atoms with E-state index >= 15 is 0 Å². The Labute approximate surface area is 130 Å². The van der Waals surface area contributed by atoms with Gasteiger partial charge in [0.2, 0.25) is 0 Å². The molecule has 4 nitrogen and oxygen atoms in total. The van der Waals surface area contributed by atoms with Gasteiger partial charge in [-0.2, -0.15) is 0 Å². The van der Waals surface area contributed by atoms with E-state index in [1.807, 2.05) is 4.90 Å². The van der Waals surface area contributed by atoms with E-state index in [0.29, 0.717) is 25.4 Å². The first-order valence-corrected chi connectivity index (χ1v) is 7.49. The zero-order chi connectivity index (χ0) is 15.9. The Balaban J connectivity index is 2.12. The molecule has 0 N–H and O–H groups in total. The molecule has 1 aliphatic rings. The summed E-state index contributed by atoms with van der Waals surface area (Å²) in [6, 6.07) is 2.53. The first kappa shape index (κ1) is 17.1. The molecule has 1 heterocycles. The van der Waals surface area contributed by atoms with Crippen LogP contribution in [-0.2, 0) is 16.0 Å². The molecule has 2 rings (SSSR count). The number of halogens is 2. The van der Waals surface area contributed by atoms with Gasteiger partial charge in [0.1, 0.15) is 5.75 Å². The van der Waals surface area contributed by atoms with Gasteiger partial charge in [0, 0.05) is 38.9 Å². The number of rotatable bonds is 8. The Kier molecular flexibility index (Phi) is 6.54. The zero-order valence-corrected chi connectivity index (χ0v) is 13.1. The highest BCUT2D eigenvalue weighted by atomic mass is 19.2. The first-order chi connectivity index (χ1) is 10.7. The van der Waals surface area contributed by atoms with Crippen LogP contribution >= 0.6 is 0 Å². The van der Waals surface area contributed by atoms with Crippen LogP contribution in [0.25, 0.3) is 0 Å². The summed E-state index contributed by atoms with van der Waals surface area (Å²) in [4.78, 5) is 2.01. The van der Waals surface area contributed by atoms with Crippen LogP contribution in [0.15, 0.2) is 12.1 Å². The third-order valence-corrected chi connectivity index (χ3v) is 3.85. The second-order valence-corrected chi connectivity index (χ2v) is 5.41. The Morgan fingerprint density at radius 1 is 1.32 bits per heavy atom. The van der Waals surface area contributed by atoms with Crippen LogP contribution in [0, 0.1) is 11.6 Å². The Bertz CT molecular complexity index is 479. The van der Waals surface area contributed by atoms with E-state index in [4.69, 9.17) is 14.2 Å². The van der Waals surface area contributed by atoms with Gasteiger partial charge in [0.05, 0.1) is 19.8 Å². The molecule has 0 unspecified atom stereocenters. The summed E-state index contributed by atoms with van der Waals surface area (Å²) in [6.45, 7) is 2.83. The molecule has 0 bridgehead atoms. The van der Waals surface area contributed by atoms with Crippen molar-refractivity contribution in [2.75, 3.05) is 40.5 Å². The smallest absolute Gasteiger partial charge is 0.167 e. The summed E-state index contributed by atoms with van der Waals surface area (Å²) in [5.74, 6) is -1.36. The normalized spacial score (nSPS) is 18.1. The molecule has 6 heteroatoms. The molecule has 0 amide bonds. The Hall–Kier alpha value is -1.24. The lowest BCUT2D eigenvalue weighted by molar-refractivity contribution is 0.0580. The van der Waals surface area contributed by atoms with Gasteiger partial charge >= 0.3 is 0 Å². The molecule has 22 heavy (non-hydrogen) atoms. The van der Waals surface area contributed by atoms with Gasteiger partial charge in [-0.25, -0.2) is 8.78 Å². The van der Waals surface area contributed by atoms with E-state index in [1.54, 1.807) is 7.11 Å². The minimum atomic E-state index is -0.861. The van der Waals surface area contributed by atoms with Crippen molar-refractivity contribution in [2.24, 2.45) is 0 Å². The van der Waals surface area contributed by atoms with Crippen molar-refractivity contribution in [1.29, 1.82) is 0 Å². The molecule has 0 radical (unpaired) electrons. The van der Waals surface area contributed by atoms with Crippen LogP contribution in [0.2, 0.25) is 0 Å². The molecule has 1 aromatic rings. The molecule has 1 aliphatic heterocycles. The summed E-state index contributed by atoms with van der Waals surface area (Å²) in [6.07, 6.45) is 2.17. The minimum Gasteiger partial charge on any atom is -0.496 e. The molecule has 0 spiro atoms. The lowest BCUT2D eigenvalue weighted by atomic mass is 10.1. The van der Waals surface area contributed by atoms with E-state index in [-0.39, 0.29) is 18.2 Å². The summed E-state index contributed by atoms with van der Waals surface area (Å²) >= 11 is 0. The highest BCUT2D eigenvalue weighted by Crippen LogP contribution is 2.26. The standard InChI is InChI=1S/C16H23F2NO3/c1-20-9-7-19(10-12-4-3-8-22-12)11-13-15(21-2)6-5-14(17)16(13)18/h5-6,12H,3-4,7-11H2,1-2H3/t12-/m0/s1. The van der Waals surface area contributed by atoms with Gasteiger partial charge in [-0.05, 0) is 25.0 Å². The highest BCUT2D eigenvalue weighted by Gasteiger charge is 2.22. The van der Waals surface area contributed by atoms with Crippen molar-refractivity contribution in [3.05, 3.63) is 29.3 Å². The van der Waals surface area contributed by atoms with Crippen LogP contribution in [0.3, 0.4) is 0 Å². The predicted octanol–water partition coefficient (Wildman–Crippen LogP) is 2.60. The molecule has 1 fully saturated rings. The maximum absolute atomic E-state index is 14.1. The number of benzene rings is 1. The summed E-state index contributed by atoms with van der Waals surface area (Å²) in [7, 11) is 3.07. The third-order valence-electron chi connectivity index (χ3n) is 3.85. The van der Waals surface area contributed by atoms with Crippen LogP contribution in [0.4, 0.5) is 8.78 Å². The SMILES string of the molecule is COCCN(Cc1c(OC)ccc(F)c1F)C[C@@H]1CCCO1. The number of nitrogens with zero attached hydrogens (tertiary/aromatic N) is 1. The highest BCUT2D eigenvalue weighted by molar-refractivity contribution is 5.35. The molecule has 1 saturated heterocycles. The average molecular weight is 315 g/mol. The molecule has 1 aromatic carbocycles. The molecular formula is C16H23F2NO3. The molecule has 124 valence electrons. The Morgan fingerprint density at radius 3 is 2.77 bits per heavy atom. The van der Waals surface area contributed by atoms with E-state index in [9.17, 15) is 8.78 Å². The van der Waals surface area contributed by atoms with Gasteiger partial charge in [-0.15, -0.1) is 0 Å². The maximum Gasteiger partial charge on any atom is 0.167 e. The van der Waals surface area contributed by atoms with Crippen LogP contribution < -0.4 is 4.74 Å². The maximum atomic E-state index is 14.1. The predicted molar refractivity (Wildman–Crippen MR) is 79.0 cm³/mol. The van der Waals surface area contributed by atoms with Crippen LogP contribution in [-0.4, -0.2) is 51.5 Å². The van der Waals surface area contributed by atoms with Gasteiger partial charge in [-0.1, -0.05) is 0 Å². The zero-order valence-electron chi connectivity index (χ0n) is 13.1. The fourth-order valence-electron chi connectivity index (χ4n) is 2.67. The van der Waals surface area contributed by atoms with Crippen molar-refractivity contribution < 1.29 is 23.0 Å². The second-order valence-electron chi connectivity index (χ2n) is 5.41. The van der Waals surface area contributed by atoms with E-state index in [0.717, 1.165) is 25.5 Å². The number of hydrogen-bond donors (Lipinski definition) is 0. The first-order valence-electron chi connectivity index (χ1n) is 7.49. The quantitative estimate of drug-likeness (QED) is 0.738. The lowest BCUT2D eigenvalue weighted by Crippen LogP contribution is -2.34. The van der Waals surface area contributed by atoms with Gasteiger partial charge in [0.15, 0.2) is 11.6 Å².